The Morgan fingerprint density at radius 1 is 1.09 bits per heavy atom. The van der Waals surface area contributed by atoms with Gasteiger partial charge in [0.05, 0.1) is 6.54 Å². The summed E-state index contributed by atoms with van der Waals surface area (Å²) < 4.78 is 16.7. The number of nitrogens with one attached hydrogen (secondary N) is 1. The van der Waals surface area contributed by atoms with Crippen LogP contribution in [0.4, 0.5) is 0 Å². The highest BCUT2D eigenvalue weighted by atomic mass is 16.6. The molecule has 2 aromatic rings. The van der Waals surface area contributed by atoms with E-state index in [1.165, 1.54) is 0 Å². The quantitative estimate of drug-likeness (QED) is 0.917. The van der Waals surface area contributed by atoms with Gasteiger partial charge in [0.1, 0.15) is 18.5 Å². The average molecular weight is 299 g/mol. The second-order valence-electron chi connectivity index (χ2n) is 4.90. The minimum atomic E-state index is -0.199. The van der Waals surface area contributed by atoms with Crippen molar-refractivity contribution in [3.05, 3.63) is 54.6 Å². The second kappa shape index (κ2) is 6.85. The van der Waals surface area contributed by atoms with Crippen LogP contribution in [0.2, 0.25) is 0 Å². The fourth-order valence-corrected chi connectivity index (χ4v) is 2.11. The lowest BCUT2D eigenvalue weighted by Crippen LogP contribution is -2.42. The first-order valence-electron chi connectivity index (χ1n) is 7.14. The van der Waals surface area contributed by atoms with Crippen molar-refractivity contribution in [1.82, 2.24) is 5.32 Å². The molecule has 0 fully saturated rings. The number of benzene rings is 2. The topological polar surface area (TPSA) is 56.8 Å². The molecule has 0 saturated heterocycles. The van der Waals surface area contributed by atoms with E-state index < -0.39 is 0 Å². The standard InChI is InChI=1S/C17H17NO4/c19-17(12-20-13-6-2-1-3-7-13)18-10-14-11-21-15-8-4-5-9-16(15)22-14/h1-9,14H,10-12H2,(H,18,19)/t14-/m1/s1. The Kier molecular flexibility index (Phi) is 4.44. The lowest BCUT2D eigenvalue weighted by molar-refractivity contribution is -0.123. The largest absolute Gasteiger partial charge is 0.486 e. The average Bonchev–Trinajstić information content (AvgIpc) is 2.59. The third-order valence-electron chi connectivity index (χ3n) is 3.21. The van der Waals surface area contributed by atoms with E-state index in [2.05, 4.69) is 5.32 Å². The van der Waals surface area contributed by atoms with Crippen LogP contribution in [0, 0.1) is 0 Å². The van der Waals surface area contributed by atoms with Crippen molar-refractivity contribution in [1.29, 1.82) is 0 Å². The fourth-order valence-electron chi connectivity index (χ4n) is 2.11. The maximum absolute atomic E-state index is 11.8. The van der Waals surface area contributed by atoms with E-state index >= 15 is 0 Å². The summed E-state index contributed by atoms with van der Waals surface area (Å²) in [4.78, 5) is 11.8. The number of ether oxygens (including phenoxy) is 3. The van der Waals surface area contributed by atoms with Crippen molar-refractivity contribution >= 4 is 5.91 Å². The fraction of sp³-hybridized carbons (Fsp3) is 0.235. The van der Waals surface area contributed by atoms with Crippen molar-refractivity contribution in [3.8, 4) is 17.2 Å². The zero-order chi connectivity index (χ0) is 15.2. The molecule has 1 amide bonds. The van der Waals surface area contributed by atoms with Gasteiger partial charge < -0.3 is 19.5 Å². The lowest BCUT2D eigenvalue weighted by Gasteiger charge is -2.26. The van der Waals surface area contributed by atoms with E-state index in [-0.39, 0.29) is 18.6 Å². The molecular formula is C17H17NO4. The Bertz CT molecular complexity index is 630. The second-order valence-corrected chi connectivity index (χ2v) is 4.90. The SMILES string of the molecule is O=C(COc1ccccc1)NC[C@@H]1COc2ccccc2O1. The van der Waals surface area contributed by atoms with Gasteiger partial charge in [0, 0.05) is 0 Å². The molecule has 1 aliphatic rings. The number of hydrogen-bond donors (Lipinski definition) is 1. The summed E-state index contributed by atoms with van der Waals surface area (Å²) in [6, 6.07) is 16.7. The van der Waals surface area contributed by atoms with Gasteiger partial charge in [-0.25, -0.2) is 0 Å². The van der Waals surface area contributed by atoms with Crippen LogP contribution in [0.25, 0.3) is 0 Å². The zero-order valence-corrected chi connectivity index (χ0v) is 12.0. The van der Waals surface area contributed by atoms with E-state index in [1.54, 1.807) is 0 Å². The van der Waals surface area contributed by atoms with Gasteiger partial charge in [0.25, 0.3) is 5.91 Å². The summed E-state index contributed by atoms with van der Waals surface area (Å²) in [5, 5.41) is 2.78. The van der Waals surface area contributed by atoms with Crippen LogP contribution in [-0.2, 0) is 4.79 Å². The molecule has 0 saturated carbocycles. The van der Waals surface area contributed by atoms with Gasteiger partial charge in [0.2, 0.25) is 0 Å². The van der Waals surface area contributed by atoms with Crippen LogP contribution < -0.4 is 19.5 Å². The number of amides is 1. The normalized spacial score (nSPS) is 15.9. The number of carbonyl (C=O) groups is 1. The van der Waals surface area contributed by atoms with Crippen LogP contribution in [-0.4, -0.2) is 31.8 Å². The number of rotatable bonds is 5. The third kappa shape index (κ3) is 3.69. The molecule has 0 spiro atoms. The monoisotopic (exact) mass is 299 g/mol. The Hall–Kier alpha value is -2.69. The van der Waals surface area contributed by atoms with Gasteiger partial charge in [-0.3, -0.25) is 4.79 Å². The molecule has 5 heteroatoms. The number of para-hydroxylation sites is 3. The lowest BCUT2D eigenvalue weighted by atomic mass is 10.2. The molecule has 1 atom stereocenters. The van der Waals surface area contributed by atoms with Crippen molar-refractivity contribution in [3.63, 3.8) is 0 Å². The summed E-state index contributed by atoms with van der Waals surface area (Å²) in [5.74, 6) is 1.92. The molecule has 1 N–H and O–H groups in total. The van der Waals surface area contributed by atoms with Crippen molar-refractivity contribution in [2.24, 2.45) is 0 Å². The number of hydrogen-bond acceptors (Lipinski definition) is 4. The van der Waals surface area contributed by atoms with Gasteiger partial charge in [-0.2, -0.15) is 0 Å². The minimum absolute atomic E-state index is 0.0197. The highest BCUT2D eigenvalue weighted by molar-refractivity contribution is 5.77. The predicted octanol–water partition coefficient (Wildman–Crippen LogP) is 2.02. The Morgan fingerprint density at radius 2 is 1.82 bits per heavy atom. The Balaban J connectivity index is 1.42. The zero-order valence-electron chi connectivity index (χ0n) is 12.0. The van der Waals surface area contributed by atoms with Crippen LogP contribution in [0.1, 0.15) is 0 Å². The molecule has 114 valence electrons. The van der Waals surface area contributed by atoms with Crippen LogP contribution in [0.3, 0.4) is 0 Å². The highest BCUT2D eigenvalue weighted by Gasteiger charge is 2.20. The molecule has 0 aliphatic carbocycles. The van der Waals surface area contributed by atoms with E-state index in [0.717, 1.165) is 5.75 Å². The van der Waals surface area contributed by atoms with Gasteiger partial charge in [-0.05, 0) is 24.3 Å². The Morgan fingerprint density at radius 3 is 2.64 bits per heavy atom. The van der Waals surface area contributed by atoms with Crippen LogP contribution in [0.15, 0.2) is 54.6 Å². The minimum Gasteiger partial charge on any atom is -0.486 e. The van der Waals surface area contributed by atoms with E-state index in [1.807, 2.05) is 54.6 Å². The van der Waals surface area contributed by atoms with E-state index in [4.69, 9.17) is 14.2 Å². The molecule has 0 radical (unpaired) electrons. The number of fused-ring (bicyclic) bond motifs is 1. The summed E-state index contributed by atoms with van der Waals surface area (Å²) in [6.07, 6.45) is -0.199. The van der Waals surface area contributed by atoms with Crippen LogP contribution >= 0.6 is 0 Å². The maximum Gasteiger partial charge on any atom is 0.258 e. The van der Waals surface area contributed by atoms with Crippen molar-refractivity contribution < 1.29 is 19.0 Å². The van der Waals surface area contributed by atoms with Gasteiger partial charge in [0.15, 0.2) is 18.1 Å². The van der Waals surface area contributed by atoms with Gasteiger partial charge >= 0.3 is 0 Å². The first-order valence-corrected chi connectivity index (χ1v) is 7.14. The predicted molar refractivity (Wildman–Crippen MR) is 81.3 cm³/mol. The summed E-state index contributed by atoms with van der Waals surface area (Å²) in [7, 11) is 0. The Labute approximate surface area is 128 Å². The molecule has 0 bridgehead atoms. The molecule has 1 aliphatic heterocycles. The van der Waals surface area contributed by atoms with Gasteiger partial charge in [-0.15, -0.1) is 0 Å². The molecule has 0 unspecified atom stereocenters. The van der Waals surface area contributed by atoms with E-state index in [9.17, 15) is 4.79 Å². The molecule has 2 aromatic carbocycles. The highest BCUT2D eigenvalue weighted by Crippen LogP contribution is 2.30. The molecule has 3 rings (SSSR count). The van der Waals surface area contributed by atoms with Crippen molar-refractivity contribution in [2.75, 3.05) is 19.8 Å². The molecule has 5 nitrogen and oxygen atoms in total. The molecule has 22 heavy (non-hydrogen) atoms. The van der Waals surface area contributed by atoms with Crippen molar-refractivity contribution in [2.45, 2.75) is 6.10 Å². The smallest absolute Gasteiger partial charge is 0.258 e. The third-order valence-corrected chi connectivity index (χ3v) is 3.21. The summed E-state index contributed by atoms with van der Waals surface area (Å²) in [6.45, 7) is 0.774. The molecular weight excluding hydrogens is 282 g/mol. The number of carbonyl (C=O) groups excluding carboxylic acids is 1. The molecule has 1 heterocycles. The molecule has 0 aromatic heterocycles. The van der Waals surface area contributed by atoms with Crippen LogP contribution in [0.5, 0.6) is 17.2 Å². The maximum atomic E-state index is 11.8. The first kappa shape index (κ1) is 14.3. The summed E-state index contributed by atoms with van der Waals surface area (Å²) in [5.41, 5.74) is 0. The van der Waals surface area contributed by atoms with E-state index in [0.29, 0.717) is 24.7 Å². The van der Waals surface area contributed by atoms with Gasteiger partial charge in [-0.1, -0.05) is 30.3 Å². The first-order chi connectivity index (χ1) is 10.8. The summed E-state index contributed by atoms with van der Waals surface area (Å²) >= 11 is 0.